The maximum absolute atomic E-state index is 12.0. The van der Waals surface area contributed by atoms with Crippen LogP contribution in [0.3, 0.4) is 0 Å². The number of hydrogen-bond donors (Lipinski definition) is 4. The van der Waals surface area contributed by atoms with Crippen molar-refractivity contribution in [2.45, 2.75) is 71.2 Å². The highest BCUT2D eigenvalue weighted by Gasteiger charge is 2.35. The molecule has 1 aliphatic carbocycles. The Morgan fingerprint density at radius 2 is 1.89 bits per heavy atom. The van der Waals surface area contributed by atoms with Crippen molar-refractivity contribution >= 4 is 19.7 Å². The molecule has 0 unspecified atom stereocenters. The van der Waals surface area contributed by atoms with Crippen molar-refractivity contribution in [1.29, 1.82) is 0 Å². The average molecular weight is 409 g/mol. The lowest BCUT2D eigenvalue weighted by molar-refractivity contribution is -0.214. The smallest absolute Gasteiger partial charge is 0.333 e. The number of carbonyl (C=O) groups is 2. The zero-order valence-electron chi connectivity index (χ0n) is 16.1. The largest absolute Gasteiger partial charge is 0.756 e. The maximum Gasteiger partial charge on any atom is 0.333 e. The first-order valence-corrected chi connectivity index (χ1v) is 10.3. The molecule has 1 rings (SSSR count). The van der Waals surface area contributed by atoms with Gasteiger partial charge >= 0.3 is 5.97 Å². The van der Waals surface area contributed by atoms with Crippen LogP contribution in [0, 0.1) is 0 Å². The third kappa shape index (κ3) is 11.2. The van der Waals surface area contributed by atoms with Crippen LogP contribution >= 0.6 is 7.82 Å². The predicted molar refractivity (Wildman–Crippen MR) is 96.2 cm³/mol. The van der Waals surface area contributed by atoms with Crippen molar-refractivity contribution in [2.24, 2.45) is 5.73 Å². The minimum Gasteiger partial charge on any atom is -0.756 e. The Balaban J connectivity index is 0.00000119. The van der Waals surface area contributed by atoms with E-state index in [1.807, 2.05) is 13.8 Å². The van der Waals surface area contributed by atoms with Crippen LogP contribution in [0.15, 0.2) is 11.6 Å². The molecule has 10 nitrogen and oxygen atoms in total. The van der Waals surface area contributed by atoms with Gasteiger partial charge in [-0.25, -0.2) is 4.79 Å². The van der Waals surface area contributed by atoms with E-state index in [0.717, 1.165) is 12.8 Å². The molecule has 0 spiro atoms. The summed E-state index contributed by atoms with van der Waals surface area (Å²) in [5.41, 5.74) is 6.68. The van der Waals surface area contributed by atoms with Gasteiger partial charge in [0.1, 0.15) is 0 Å². The molecule has 0 saturated heterocycles. The first-order chi connectivity index (χ1) is 12.4. The zero-order chi connectivity index (χ0) is 21.2. The SMILES string of the molecule is CCOC(=O)C1=C[C@@H](OC(CC)CC)[C@H](NC(C)=O)[C@@H](N)C1.O=P([O-])(O)O. The van der Waals surface area contributed by atoms with Gasteiger partial charge in [-0.15, -0.1) is 0 Å². The van der Waals surface area contributed by atoms with Gasteiger partial charge in [-0.3, -0.25) is 9.36 Å². The Hall–Kier alpha value is -1.29. The van der Waals surface area contributed by atoms with E-state index in [2.05, 4.69) is 5.32 Å². The maximum atomic E-state index is 12.0. The molecule has 0 heterocycles. The van der Waals surface area contributed by atoms with E-state index in [-0.39, 0.29) is 30.1 Å². The molecular weight excluding hydrogens is 379 g/mol. The first kappa shape index (κ1) is 25.7. The van der Waals surface area contributed by atoms with E-state index in [1.165, 1.54) is 6.92 Å². The summed E-state index contributed by atoms with van der Waals surface area (Å²) in [6, 6.07) is -0.719. The molecule has 0 aromatic heterocycles. The number of hydrogen-bond acceptors (Lipinski definition) is 7. The first-order valence-electron chi connectivity index (χ1n) is 8.75. The number of esters is 1. The van der Waals surface area contributed by atoms with Crippen molar-refractivity contribution in [3.05, 3.63) is 11.6 Å². The number of rotatable bonds is 7. The van der Waals surface area contributed by atoms with Crippen molar-refractivity contribution < 1.29 is 38.3 Å². The highest BCUT2D eigenvalue weighted by atomic mass is 31.2. The van der Waals surface area contributed by atoms with E-state index < -0.39 is 13.9 Å². The van der Waals surface area contributed by atoms with Crippen LogP contribution in [0.1, 0.15) is 47.0 Å². The standard InChI is InChI=1S/C16H28N2O4.H3O4P/c1-5-12(6-2)22-14-9-11(16(20)21-7-3)8-13(17)15(14)18-10(4)19;1-5(2,3)4/h9,12-15H,5-8,17H2,1-4H3,(H,18,19);(H3,1,2,3,4)/p-1/t13-,14+,15+;/m0./s1. The number of phosphoric acid groups is 1. The number of amides is 1. The molecule has 3 atom stereocenters. The van der Waals surface area contributed by atoms with Gasteiger partial charge in [-0.2, -0.15) is 0 Å². The fourth-order valence-corrected chi connectivity index (χ4v) is 2.62. The minimum absolute atomic E-state index is 0.0613. The molecule has 0 aliphatic heterocycles. The van der Waals surface area contributed by atoms with Gasteiger partial charge in [0, 0.05) is 18.5 Å². The Bertz CT molecular complexity index is 550. The van der Waals surface area contributed by atoms with Gasteiger partial charge in [0.05, 0.1) is 24.9 Å². The van der Waals surface area contributed by atoms with Crippen LogP contribution in [-0.4, -0.2) is 52.6 Å². The molecule has 27 heavy (non-hydrogen) atoms. The van der Waals surface area contributed by atoms with Crippen LogP contribution < -0.4 is 15.9 Å². The summed E-state index contributed by atoms with van der Waals surface area (Å²) in [7, 11) is -4.89. The molecule has 5 N–H and O–H groups in total. The second-order valence-corrected chi connectivity index (χ2v) is 7.02. The Labute approximate surface area is 159 Å². The predicted octanol–water partition coefficient (Wildman–Crippen LogP) is -0.275. The van der Waals surface area contributed by atoms with E-state index in [0.29, 0.717) is 18.6 Å². The normalized spacial score (nSPS) is 22.4. The second kappa shape index (κ2) is 12.2. The van der Waals surface area contributed by atoms with Crippen LogP contribution in [0.25, 0.3) is 0 Å². The Kier molecular flexibility index (Phi) is 11.6. The summed E-state index contributed by atoms with van der Waals surface area (Å²) >= 11 is 0. The summed E-state index contributed by atoms with van der Waals surface area (Å²) in [4.78, 5) is 46.3. The second-order valence-electron chi connectivity index (χ2n) is 6.04. The quantitative estimate of drug-likeness (QED) is 0.326. The van der Waals surface area contributed by atoms with Gasteiger partial charge < -0.3 is 35.2 Å². The van der Waals surface area contributed by atoms with Crippen molar-refractivity contribution in [2.75, 3.05) is 6.61 Å². The lowest BCUT2D eigenvalue weighted by Crippen LogP contribution is -2.57. The lowest BCUT2D eigenvalue weighted by atomic mass is 9.88. The highest BCUT2D eigenvalue weighted by molar-refractivity contribution is 7.43. The van der Waals surface area contributed by atoms with Crippen molar-refractivity contribution in [3.8, 4) is 0 Å². The lowest BCUT2D eigenvalue weighted by Gasteiger charge is -2.36. The van der Waals surface area contributed by atoms with Crippen LogP contribution in [0.4, 0.5) is 0 Å². The molecule has 0 fully saturated rings. The third-order valence-corrected chi connectivity index (χ3v) is 3.80. The average Bonchev–Trinajstić information content (AvgIpc) is 2.53. The highest BCUT2D eigenvalue weighted by Crippen LogP contribution is 2.24. The topological polar surface area (TPSA) is 171 Å². The molecule has 158 valence electrons. The van der Waals surface area contributed by atoms with E-state index >= 15 is 0 Å². The van der Waals surface area contributed by atoms with Crippen molar-refractivity contribution in [3.63, 3.8) is 0 Å². The monoisotopic (exact) mass is 409 g/mol. The number of carbonyl (C=O) groups excluding carboxylic acids is 2. The Morgan fingerprint density at radius 1 is 1.37 bits per heavy atom. The molecule has 1 amide bonds. The summed E-state index contributed by atoms with van der Waals surface area (Å²) in [6.45, 7) is 7.62. The van der Waals surface area contributed by atoms with Gasteiger partial charge in [0.25, 0.3) is 7.82 Å². The molecule has 11 heteroatoms. The van der Waals surface area contributed by atoms with Gasteiger partial charge in [0.2, 0.25) is 5.91 Å². The minimum atomic E-state index is -4.89. The van der Waals surface area contributed by atoms with E-state index in [1.54, 1.807) is 13.0 Å². The number of nitrogens with two attached hydrogens (primary N) is 1. The number of ether oxygens (including phenoxy) is 2. The summed E-state index contributed by atoms with van der Waals surface area (Å²) < 4.78 is 19.9. The molecule has 0 aromatic rings. The zero-order valence-corrected chi connectivity index (χ0v) is 17.0. The fourth-order valence-electron chi connectivity index (χ4n) is 2.62. The molecule has 1 aliphatic rings. The van der Waals surface area contributed by atoms with Crippen LogP contribution in [0.2, 0.25) is 0 Å². The Morgan fingerprint density at radius 3 is 2.30 bits per heavy atom. The molecule has 0 saturated carbocycles. The van der Waals surface area contributed by atoms with Gasteiger partial charge in [-0.1, -0.05) is 13.8 Å². The van der Waals surface area contributed by atoms with Gasteiger partial charge in [-0.05, 0) is 32.3 Å². The molecule has 0 aromatic carbocycles. The van der Waals surface area contributed by atoms with Crippen LogP contribution in [-0.2, 0) is 23.6 Å². The third-order valence-electron chi connectivity index (χ3n) is 3.80. The molecule has 0 radical (unpaired) electrons. The molecular formula is C16H30N2O8P-. The van der Waals surface area contributed by atoms with E-state index in [4.69, 9.17) is 34.5 Å². The fraction of sp³-hybridized carbons (Fsp3) is 0.750. The number of nitrogens with one attached hydrogen (secondary N) is 1. The van der Waals surface area contributed by atoms with Crippen LogP contribution in [0.5, 0.6) is 0 Å². The van der Waals surface area contributed by atoms with E-state index in [9.17, 15) is 9.59 Å². The summed E-state index contributed by atoms with van der Waals surface area (Å²) in [6.07, 6.45) is 3.48. The molecule has 0 bridgehead atoms. The van der Waals surface area contributed by atoms with Gasteiger partial charge in [0.15, 0.2) is 0 Å². The summed E-state index contributed by atoms with van der Waals surface area (Å²) in [5.74, 6) is -0.524. The summed E-state index contributed by atoms with van der Waals surface area (Å²) in [5, 5.41) is 2.84. The van der Waals surface area contributed by atoms with Crippen molar-refractivity contribution in [1.82, 2.24) is 5.32 Å².